The van der Waals surface area contributed by atoms with Gasteiger partial charge >= 0.3 is 11.9 Å². The number of carboxylic acid groups (broad SMARTS) is 2. The average molecular weight is 432 g/mol. The van der Waals surface area contributed by atoms with Crippen LogP contribution in [0.1, 0.15) is 25.7 Å². The van der Waals surface area contributed by atoms with Gasteiger partial charge in [0.15, 0.2) is 0 Å². The van der Waals surface area contributed by atoms with Crippen molar-refractivity contribution in [1.82, 2.24) is 16.0 Å². The van der Waals surface area contributed by atoms with Gasteiger partial charge in [0.25, 0.3) is 0 Å². The summed E-state index contributed by atoms with van der Waals surface area (Å²) < 4.78 is 0. The Morgan fingerprint density at radius 1 is 0.800 bits per heavy atom. The molecule has 11 N–H and O–H groups in total. The zero-order chi connectivity index (χ0) is 23.4. The van der Waals surface area contributed by atoms with E-state index in [9.17, 15) is 33.6 Å². The van der Waals surface area contributed by atoms with Crippen molar-refractivity contribution in [2.75, 3.05) is 6.54 Å². The number of rotatable bonds is 14. The summed E-state index contributed by atoms with van der Waals surface area (Å²) in [6.45, 7) is -0.675. The topological polar surface area (TPSA) is 274 Å². The van der Waals surface area contributed by atoms with Gasteiger partial charge in [-0.1, -0.05) is 0 Å². The maximum absolute atomic E-state index is 12.3. The van der Waals surface area contributed by atoms with Crippen molar-refractivity contribution in [2.24, 2.45) is 17.2 Å². The number of carbonyl (C=O) groups is 7. The summed E-state index contributed by atoms with van der Waals surface area (Å²) in [6.07, 6.45) is -2.16. The van der Waals surface area contributed by atoms with Crippen molar-refractivity contribution in [3.05, 3.63) is 0 Å². The van der Waals surface area contributed by atoms with E-state index in [4.69, 9.17) is 27.4 Å². The quantitative estimate of drug-likeness (QED) is 0.129. The summed E-state index contributed by atoms with van der Waals surface area (Å²) in [6, 6.07) is -4.48. The number of primary amides is 2. The fraction of sp³-hybridized carbons (Fsp3) is 0.533. The SMILES string of the molecule is NC(=O)CC(N)C(=O)NCC(=O)NC(CCC(=O)O)C(=O)NC(CC(N)=O)C(=O)O. The van der Waals surface area contributed by atoms with E-state index in [1.807, 2.05) is 5.32 Å². The number of hydrogen-bond donors (Lipinski definition) is 8. The number of hydrogen-bond acceptors (Lipinski definition) is 8. The Morgan fingerprint density at radius 2 is 1.37 bits per heavy atom. The van der Waals surface area contributed by atoms with Gasteiger partial charge in [0.2, 0.25) is 29.5 Å². The van der Waals surface area contributed by atoms with Crippen molar-refractivity contribution in [2.45, 2.75) is 43.8 Å². The van der Waals surface area contributed by atoms with Gasteiger partial charge in [-0.3, -0.25) is 28.8 Å². The van der Waals surface area contributed by atoms with Gasteiger partial charge in [-0.05, 0) is 6.42 Å². The first kappa shape index (κ1) is 26.2. The van der Waals surface area contributed by atoms with Crippen molar-refractivity contribution < 1.29 is 43.8 Å². The van der Waals surface area contributed by atoms with Crippen LogP contribution in [0.25, 0.3) is 0 Å². The molecule has 0 aliphatic carbocycles. The zero-order valence-electron chi connectivity index (χ0n) is 15.8. The highest BCUT2D eigenvalue weighted by Gasteiger charge is 2.28. The van der Waals surface area contributed by atoms with E-state index < -0.39 is 91.8 Å². The summed E-state index contributed by atoms with van der Waals surface area (Å²) >= 11 is 0. The van der Waals surface area contributed by atoms with Gasteiger partial charge in [0, 0.05) is 6.42 Å². The molecule has 0 saturated carbocycles. The lowest BCUT2D eigenvalue weighted by molar-refractivity contribution is -0.144. The van der Waals surface area contributed by atoms with E-state index in [-0.39, 0.29) is 0 Å². The van der Waals surface area contributed by atoms with E-state index in [1.54, 1.807) is 0 Å². The summed E-state index contributed by atoms with van der Waals surface area (Å²) in [7, 11) is 0. The molecule has 0 aliphatic rings. The highest BCUT2D eigenvalue weighted by atomic mass is 16.4. The molecule has 0 aromatic carbocycles. The molecule has 15 nitrogen and oxygen atoms in total. The Morgan fingerprint density at radius 3 is 1.83 bits per heavy atom. The third-order valence-electron chi connectivity index (χ3n) is 3.50. The van der Waals surface area contributed by atoms with Crippen LogP contribution in [0, 0.1) is 0 Å². The van der Waals surface area contributed by atoms with E-state index in [0.29, 0.717) is 0 Å². The summed E-state index contributed by atoms with van der Waals surface area (Å²) in [5, 5.41) is 24.0. The number of carbonyl (C=O) groups excluding carboxylic acids is 5. The molecule has 0 rings (SSSR count). The summed E-state index contributed by atoms with van der Waals surface area (Å²) in [5.41, 5.74) is 15.2. The Kier molecular flexibility index (Phi) is 11.1. The molecular formula is C15H24N6O9. The fourth-order valence-electron chi connectivity index (χ4n) is 2.06. The normalized spacial score (nSPS) is 13.2. The number of aliphatic carboxylic acids is 2. The zero-order valence-corrected chi connectivity index (χ0v) is 15.8. The highest BCUT2D eigenvalue weighted by molar-refractivity contribution is 5.94. The van der Waals surface area contributed by atoms with Crippen molar-refractivity contribution >= 4 is 41.5 Å². The largest absolute Gasteiger partial charge is 0.481 e. The van der Waals surface area contributed by atoms with Crippen LogP contribution < -0.4 is 33.2 Å². The first-order valence-corrected chi connectivity index (χ1v) is 8.47. The van der Waals surface area contributed by atoms with Gasteiger partial charge in [-0.15, -0.1) is 0 Å². The van der Waals surface area contributed by atoms with Gasteiger partial charge in [0.05, 0.1) is 25.4 Å². The Balaban J connectivity index is 5.00. The smallest absolute Gasteiger partial charge is 0.326 e. The maximum atomic E-state index is 12.3. The third-order valence-corrected chi connectivity index (χ3v) is 3.50. The van der Waals surface area contributed by atoms with Crippen LogP contribution in [0.2, 0.25) is 0 Å². The molecular weight excluding hydrogens is 408 g/mol. The minimum Gasteiger partial charge on any atom is -0.481 e. The van der Waals surface area contributed by atoms with Crippen molar-refractivity contribution in [3.8, 4) is 0 Å². The fourth-order valence-corrected chi connectivity index (χ4v) is 2.06. The second-order valence-corrected chi connectivity index (χ2v) is 6.12. The van der Waals surface area contributed by atoms with Crippen LogP contribution >= 0.6 is 0 Å². The minimum absolute atomic E-state index is 0.412. The van der Waals surface area contributed by atoms with E-state index in [0.717, 1.165) is 0 Å². The maximum Gasteiger partial charge on any atom is 0.326 e. The molecule has 168 valence electrons. The predicted octanol–water partition coefficient (Wildman–Crippen LogP) is -4.90. The molecule has 0 fully saturated rings. The van der Waals surface area contributed by atoms with Crippen LogP contribution in [0.3, 0.4) is 0 Å². The van der Waals surface area contributed by atoms with Crippen molar-refractivity contribution in [3.63, 3.8) is 0 Å². The first-order valence-electron chi connectivity index (χ1n) is 8.47. The van der Waals surface area contributed by atoms with Gasteiger partial charge in [0.1, 0.15) is 12.1 Å². The van der Waals surface area contributed by atoms with E-state index in [2.05, 4.69) is 10.6 Å². The highest BCUT2D eigenvalue weighted by Crippen LogP contribution is 2.01. The number of carboxylic acids is 2. The molecule has 30 heavy (non-hydrogen) atoms. The molecule has 0 radical (unpaired) electrons. The van der Waals surface area contributed by atoms with Crippen molar-refractivity contribution in [1.29, 1.82) is 0 Å². The Labute approximate surface area is 169 Å². The molecule has 5 amide bonds. The summed E-state index contributed by atoms with van der Waals surface area (Å²) in [4.78, 5) is 79.4. The van der Waals surface area contributed by atoms with Gasteiger partial charge < -0.3 is 43.4 Å². The Bertz CT molecular complexity index is 711. The third kappa shape index (κ3) is 11.2. The lowest BCUT2D eigenvalue weighted by Crippen LogP contribution is -2.54. The molecule has 3 unspecified atom stereocenters. The monoisotopic (exact) mass is 432 g/mol. The average Bonchev–Trinajstić information content (AvgIpc) is 2.61. The second kappa shape index (κ2) is 12.7. The van der Waals surface area contributed by atoms with Crippen LogP contribution in [-0.2, 0) is 33.6 Å². The number of nitrogens with one attached hydrogen (secondary N) is 3. The van der Waals surface area contributed by atoms with Gasteiger partial charge in [-0.2, -0.15) is 0 Å². The molecule has 3 atom stereocenters. The molecule has 15 heteroatoms. The van der Waals surface area contributed by atoms with Crippen LogP contribution in [-0.4, -0.2) is 76.4 Å². The standard InChI is InChI=1S/C15H24N6O9/c16-6(3-9(17)22)13(27)19-5-11(24)20-7(1-2-12(25)26)14(28)21-8(15(29)30)4-10(18)23/h6-8H,1-5,16H2,(H2,17,22)(H2,18,23)(H,19,27)(H,20,24)(H,21,28)(H,25,26)(H,29,30). The number of nitrogens with two attached hydrogens (primary N) is 3. The lowest BCUT2D eigenvalue weighted by atomic mass is 10.1. The Hall–Kier alpha value is -3.75. The minimum atomic E-state index is -1.69. The molecule has 0 aliphatic heterocycles. The van der Waals surface area contributed by atoms with E-state index >= 15 is 0 Å². The molecule has 0 spiro atoms. The molecule has 0 aromatic heterocycles. The molecule has 0 aromatic rings. The number of amides is 5. The van der Waals surface area contributed by atoms with Gasteiger partial charge in [-0.25, -0.2) is 4.79 Å². The lowest BCUT2D eigenvalue weighted by Gasteiger charge is -2.21. The van der Waals surface area contributed by atoms with E-state index in [1.165, 1.54) is 0 Å². The second-order valence-electron chi connectivity index (χ2n) is 6.12. The molecule has 0 heterocycles. The first-order chi connectivity index (χ1) is 13.8. The predicted molar refractivity (Wildman–Crippen MR) is 97.0 cm³/mol. The molecule has 0 saturated heterocycles. The summed E-state index contributed by atoms with van der Waals surface area (Å²) in [5.74, 6) is -7.58. The van der Waals surface area contributed by atoms with Crippen LogP contribution in [0.4, 0.5) is 0 Å². The molecule has 0 bridgehead atoms. The van der Waals surface area contributed by atoms with Crippen LogP contribution in [0.15, 0.2) is 0 Å². The van der Waals surface area contributed by atoms with Crippen LogP contribution in [0.5, 0.6) is 0 Å².